The summed E-state index contributed by atoms with van der Waals surface area (Å²) in [6, 6.07) is 3.57. The summed E-state index contributed by atoms with van der Waals surface area (Å²) in [7, 11) is 0. The van der Waals surface area contributed by atoms with Crippen LogP contribution in [0.15, 0.2) is 18.2 Å². The monoisotopic (exact) mass is 228 g/mol. The van der Waals surface area contributed by atoms with E-state index in [4.69, 9.17) is 5.73 Å². The van der Waals surface area contributed by atoms with Crippen LogP contribution in [0.5, 0.6) is 0 Å². The van der Waals surface area contributed by atoms with Gasteiger partial charge in [0.15, 0.2) is 0 Å². The van der Waals surface area contributed by atoms with Crippen molar-refractivity contribution >= 4 is 5.69 Å². The third-order valence-electron chi connectivity index (χ3n) is 2.59. The second-order valence-electron chi connectivity index (χ2n) is 3.81. The topological polar surface area (TPSA) is 89.4 Å². The predicted octanol–water partition coefficient (Wildman–Crippen LogP) is 0.943. The minimum atomic E-state index is -1.15. The largest absolute Gasteiger partial charge is 0.395 e. The van der Waals surface area contributed by atoms with Crippen molar-refractivity contribution in [1.29, 1.82) is 0 Å². The van der Waals surface area contributed by atoms with Gasteiger partial charge in [-0.15, -0.1) is 0 Å². The van der Waals surface area contributed by atoms with Crippen molar-refractivity contribution in [3.05, 3.63) is 39.7 Å². The standard InChI is InChI=1S/C10H13FN2O3/c1-10(5-12,6-14)9-7(11)3-2-4-8(9)13(15)16/h2-4,14H,5-6,12H2,1H3. The van der Waals surface area contributed by atoms with Crippen LogP contribution in [0.1, 0.15) is 12.5 Å². The van der Waals surface area contributed by atoms with Gasteiger partial charge in [0.1, 0.15) is 5.82 Å². The smallest absolute Gasteiger partial charge is 0.276 e. The highest BCUT2D eigenvalue weighted by Crippen LogP contribution is 2.32. The molecule has 1 aromatic carbocycles. The lowest BCUT2D eigenvalue weighted by atomic mass is 9.82. The number of benzene rings is 1. The van der Waals surface area contributed by atoms with Gasteiger partial charge in [0.25, 0.3) is 5.69 Å². The highest BCUT2D eigenvalue weighted by molar-refractivity contribution is 5.46. The number of hydrogen-bond acceptors (Lipinski definition) is 4. The average Bonchev–Trinajstić information content (AvgIpc) is 2.27. The Morgan fingerprint density at radius 3 is 2.69 bits per heavy atom. The minimum Gasteiger partial charge on any atom is -0.395 e. The van der Waals surface area contributed by atoms with Crippen molar-refractivity contribution in [2.45, 2.75) is 12.3 Å². The van der Waals surface area contributed by atoms with Crippen LogP contribution in [-0.4, -0.2) is 23.2 Å². The van der Waals surface area contributed by atoms with E-state index in [-0.39, 0.29) is 17.8 Å². The van der Waals surface area contributed by atoms with Crippen LogP contribution in [0, 0.1) is 15.9 Å². The molecule has 0 radical (unpaired) electrons. The molecule has 1 unspecified atom stereocenters. The van der Waals surface area contributed by atoms with E-state index in [1.807, 2.05) is 0 Å². The van der Waals surface area contributed by atoms with Crippen molar-refractivity contribution in [3.8, 4) is 0 Å². The third kappa shape index (κ3) is 2.02. The third-order valence-corrected chi connectivity index (χ3v) is 2.59. The maximum Gasteiger partial charge on any atom is 0.276 e. The van der Waals surface area contributed by atoms with E-state index in [1.165, 1.54) is 19.1 Å². The fourth-order valence-electron chi connectivity index (χ4n) is 1.51. The zero-order valence-electron chi connectivity index (χ0n) is 8.81. The Morgan fingerprint density at radius 2 is 2.25 bits per heavy atom. The Hall–Kier alpha value is -1.53. The molecule has 0 amide bonds. The first kappa shape index (κ1) is 12.5. The molecule has 6 heteroatoms. The molecule has 0 fully saturated rings. The molecule has 0 aliphatic carbocycles. The molecule has 1 rings (SSSR count). The molecule has 5 nitrogen and oxygen atoms in total. The second kappa shape index (κ2) is 4.54. The highest BCUT2D eigenvalue weighted by atomic mass is 19.1. The van der Waals surface area contributed by atoms with Crippen LogP contribution < -0.4 is 5.73 Å². The van der Waals surface area contributed by atoms with Crippen molar-refractivity contribution in [2.24, 2.45) is 5.73 Å². The molecule has 3 N–H and O–H groups in total. The first-order valence-electron chi connectivity index (χ1n) is 4.70. The number of nitro benzene ring substituents is 1. The van der Waals surface area contributed by atoms with Crippen LogP contribution in [0.3, 0.4) is 0 Å². The summed E-state index contributed by atoms with van der Waals surface area (Å²) in [5.74, 6) is -0.726. The lowest BCUT2D eigenvalue weighted by Crippen LogP contribution is -2.37. The van der Waals surface area contributed by atoms with Crippen LogP contribution in [0.2, 0.25) is 0 Å². The molecule has 1 atom stereocenters. The Labute approximate surface area is 91.8 Å². The number of hydrogen-bond donors (Lipinski definition) is 2. The van der Waals surface area contributed by atoms with Crippen LogP contribution >= 0.6 is 0 Å². The Kier molecular flexibility index (Phi) is 3.56. The van der Waals surface area contributed by atoms with Gasteiger partial charge in [0, 0.05) is 18.0 Å². The van der Waals surface area contributed by atoms with Gasteiger partial charge >= 0.3 is 0 Å². The van der Waals surface area contributed by atoms with E-state index < -0.39 is 22.8 Å². The van der Waals surface area contributed by atoms with E-state index >= 15 is 0 Å². The first-order valence-corrected chi connectivity index (χ1v) is 4.70. The maximum absolute atomic E-state index is 13.6. The molecular formula is C10H13FN2O3. The van der Waals surface area contributed by atoms with Crippen LogP contribution in [0.25, 0.3) is 0 Å². The van der Waals surface area contributed by atoms with Gasteiger partial charge < -0.3 is 10.8 Å². The minimum absolute atomic E-state index is 0.0781. The molecule has 0 aliphatic rings. The van der Waals surface area contributed by atoms with Gasteiger partial charge in [-0.2, -0.15) is 0 Å². The van der Waals surface area contributed by atoms with Gasteiger partial charge in [-0.25, -0.2) is 4.39 Å². The molecular weight excluding hydrogens is 215 g/mol. The van der Waals surface area contributed by atoms with Crippen molar-refractivity contribution in [1.82, 2.24) is 0 Å². The summed E-state index contributed by atoms with van der Waals surface area (Å²) in [4.78, 5) is 10.1. The Balaban J connectivity index is 3.46. The molecule has 0 spiro atoms. The van der Waals surface area contributed by atoms with Gasteiger partial charge in [-0.05, 0) is 6.07 Å². The number of halogens is 1. The van der Waals surface area contributed by atoms with Crippen molar-refractivity contribution < 1.29 is 14.4 Å². The van der Waals surface area contributed by atoms with E-state index in [1.54, 1.807) is 0 Å². The normalized spacial score (nSPS) is 14.5. The van der Waals surface area contributed by atoms with Gasteiger partial charge in [0.2, 0.25) is 0 Å². The molecule has 1 aromatic rings. The van der Waals surface area contributed by atoms with Gasteiger partial charge in [-0.1, -0.05) is 13.0 Å². The summed E-state index contributed by atoms with van der Waals surface area (Å²) in [5.41, 5.74) is 3.79. The summed E-state index contributed by atoms with van der Waals surface area (Å²) in [6.07, 6.45) is 0. The molecule has 0 aromatic heterocycles. The van der Waals surface area contributed by atoms with E-state index in [9.17, 15) is 19.6 Å². The van der Waals surface area contributed by atoms with Crippen molar-refractivity contribution in [2.75, 3.05) is 13.2 Å². The number of nitro groups is 1. The molecule has 0 aliphatic heterocycles. The molecule has 0 saturated heterocycles. The fourth-order valence-corrected chi connectivity index (χ4v) is 1.51. The number of aliphatic hydroxyl groups excluding tert-OH is 1. The SMILES string of the molecule is CC(CN)(CO)c1c(F)cccc1[N+](=O)[O-]. The molecule has 0 bridgehead atoms. The van der Waals surface area contributed by atoms with Gasteiger partial charge in [0.05, 0.1) is 17.1 Å². The summed E-state index contributed by atoms with van der Waals surface area (Å²) >= 11 is 0. The average molecular weight is 228 g/mol. The number of nitrogens with two attached hydrogens (primary N) is 1. The highest BCUT2D eigenvalue weighted by Gasteiger charge is 2.34. The van der Waals surface area contributed by atoms with E-state index in [0.717, 1.165) is 6.07 Å². The Bertz CT molecular complexity index is 405. The predicted molar refractivity (Wildman–Crippen MR) is 56.5 cm³/mol. The molecule has 16 heavy (non-hydrogen) atoms. The van der Waals surface area contributed by atoms with E-state index in [0.29, 0.717) is 0 Å². The molecule has 88 valence electrons. The van der Waals surface area contributed by atoms with Crippen LogP contribution in [-0.2, 0) is 5.41 Å². The summed E-state index contributed by atoms with van der Waals surface area (Å²) < 4.78 is 13.6. The lowest BCUT2D eigenvalue weighted by Gasteiger charge is -2.25. The van der Waals surface area contributed by atoms with Crippen LogP contribution in [0.4, 0.5) is 10.1 Å². The maximum atomic E-state index is 13.6. The van der Waals surface area contributed by atoms with Gasteiger partial charge in [-0.3, -0.25) is 10.1 Å². The summed E-state index contributed by atoms with van der Waals surface area (Å²) in [6.45, 7) is 0.953. The molecule has 0 saturated carbocycles. The quantitative estimate of drug-likeness (QED) is 0.593. The first-order chi connectivity index (χ1) is 7.46. The number of aliphatic hydroxyl groups is 1. The van der Waals surface area contributed by atoms with Crippen molar-refractivity contribution in [3.63, 3.8) is 0 Å². The number of rotatable bonds is 4. The zero-order valence-corrected chi connectivity index (χ0v) is 8.81. The fraction of sp³-hybridized carbons (Fsp3) is 0.400. The molecule has 0 heterocycles. The zero-order chi connectivity index (χ0) is 12.3. The Morgan fingerprint density at radius 1 is 1.62 bits per heavy atom. The number of nitrogens with zero attached hydrogens (tertiary/aromatic N) is 1. The van der Waals surface area contributed by atoms with E-state index in [2.05, 4.69) is 0 Å². The lowest BCUT2D eigenvalue weighted by molar-refractivity contribution is -0.386. The summed E-state index contributed by atoms with van der Waals surface area (Å²) in [5, 5.41) is 20.0. The second-order valence-corrected chi connectivity index (χ2v) is 3.81.